The summed E-state index contributed by atoms with van der Waals surface area (Å²) in [6.07, 6.45) is -4.80. The van der Waals surface area contributed by atoms with Crippen molar-refractivity contribution in [2.75, 3.05) is 13.1 Å². The monoisotopic (exact) mass is 268 g/mol. The highest BCUT2D eigenvalue weighted by Crippen LogP contribution is 1.98. The van der Waals surface area contributed by atoms with Crippen molar-refractivity contribution in [2.24, 2.45) is 0 Å². The number of carbonyl (C=O) groups excluding carboxylic acids is 2. The molecular formula is C9H20N2O7. The fraction of sp³-hybridized carbons (Fsp3) is 0.778. The van der Waals surface area contributed by atoms with Crippen LogP contribution >= 0.6 is 0 Å². The van der Waals surface area contributed by atoms with Crippen molar-refractivity contribution < 1.29 is 46.6 Å². The van der Waals surface area contributed by atoms with E-state index in [1.165, 1.54) is 12.8 Å². The lowest BCUT2D eigenvalue weighted by Crippen LogP contribution is -2.53. The van der Waals surface area contributed by atoms with Crippen molar-refractivity contribution in [1.82, 2.24) is 0 Å². The molecule has 0 spiro atoms. The number of hydrogen-bond donors (Lipinski definition) is 5. The summed E-state index contributed by atoms with van der Waals surface area (Å²) in [5.41, 5.74) is 7.39. The zero-order chi connectivity index (χ0) is 14.7. The van der Waals surface area contributed by atoms with Gasteiger partial charge in [-0.05, 0) is 0 Å². The van der Waals surface area contributed by atoms with Crippen molar-refractivity contribution in [3.8, 4) is 0 Å². The van der Waals surface area contributed by atoms with Crippen LogP contribution in [0.15, 0.2) is 0 Å². The van der Waals surface area contributed by atoms with Gasteiger partial charge < -0.3 is 46.6 Å². The van der Waals surface area contributed by atoms with Gasteiger partial charge in [0, 0.05) is 12.8 Å². The van der Waals surface area contributed by atoms with Crippen molar-refractivity contribution in [3.05, 3.63) is 0 Å². The Morgan fingerprint density at radius 1 is 0.889 bits per heavy atom. The first-order valence-electron chi connectivity index (χ1n) is 5.34. The van der Waals surface area contributed by atoms with E-state index in [9.17, 15) is 19.8 Å². The van der Waals surface area contributed by atoms with Gasteiger partial charge in [-0.3, -0.25) is 0 Å². The number of carboxylic acids is 2. The lowest BCUT2D eigenvalue weighted by atomic mass is 10.1. The van der Waals surface area contributed by atoms with E-state index in [2.05, 4.69) is 11.5 Å². The zero-order valence-corrected chi connectivity index (χ0v) is 9.95. The van der Waals surface area contributed by atoms with Gasteiger partial charge in [-0.15, -0.1) is 0 Å². The van der Waals surface area contributed by atoms with E-state index in [0.717, 1.165) is 13.1 Å². The van der Waals surface area contributed by atoms with Crippen LogP contribution in [0.25, 0.3) is 0 Å². The Morgan fingerprint density at radius 3 is 1.33 bits per heavy atom. The predicted molar refractivity (Wildman–Crippen MR) is 52.8 cm³/mol. The van der Waals surface area contributed by atoms with E-state index < -0.39 is 30.3 Å². The van der Waals surface area contributed by atoms with Crippen molar-refractivity contribution >= 4 is 11.9 Å². The number of carboxylic acid groups (broad SMARTS) is 2. The zero-order valence-electron chi connectivity index (χ0n) is 9.95. The van der Waals surface area contributed by atoms with Gasteiger partial charge in [0.1, 0.15) is 18.3 Å². The van der Waals surface area contributed by atoms with Crippen molar-refractivity contribution in [3.63, 3.8) is 0 Å². The number of carbonyl (C=O) groups is 2. The molecule has 0 aromatic rings. The van der Waals surface area contributed by atoms with Crippen LogP contribution in [-0.4, -0.2) is 58.7 Å². The summed E-state index contributed by atoms with van der Waals surface area (Å²) in [5, 5.41) is 45.1. The van der Waals surface area contributed by atoms with Gasteiger partial charge in [0.15, 0.2) is 0 Å². The minimum absolute atomic E-state index is 1.06. The average molecular weight is 268 g/mol. The molecule has 0 aliphatic heterocycles. The molecule has 18 heavy (non-hydrogen) atoms. The largest absolute Gasteiger partial charge is 0.547 e. The molecule has 0 aromatic carbocycles. The second kappa shape index (κ2) is 10.9. The molecule has 0 radical (unpaired) electrons. The summed E-state index contributed by atoms with van der Waals surface area (Å²) in [5.74, 6) is -4.16. The van der Waals surface area contributed by atoms with Crippen LogP contribution in [0.2, 0.25) is 0 Å². The fourth-order valence-electron chi connectivity index (χ4n) is 0.805. The third-order valence-corrected chi connectivity index (χ3v) is 1.88. The van der Waals surface area contributed by atoms with Crippen LogP contribution in [0.4, 0.5) is 0 Å². The molecule has 0 aliphatic rings. The van der Waals surface area contributed by atoms with Crippen LogP contribution in [-0.2, 0) is 9.59 Å². The van der Waals surface area contributed by atoms with Gasteiger partial charge in [0.05, 0.1) is 25.0 Å². The molecule has 0 heterocycles. The standard InChI is InChI=1S/C5H8O7.C4H12N2/c6-1(2(7)4(9)10)3(8)5(11)12;5-3-1-2-4-6/h1-3,6-8H,(H,9,10)(H,11,12);1-6H2/t1?,2-,3+;. The fourth-order valence-corrected chi connectivity index (χ4v) is 0.805. The molecule has 3 atom stereocenters. The molecule has 0 aromatic heterocycles. The normalized spacial score (nSPS) is 14.9. The molecule has 0 aliphatic carbocycles. The Balaban J connectivity index is 0. The summed E-state index contributed by atoms with van der Waals surface area (Å²) in [7, 11) is 0. The molecule has 0 saturated carbocycles. The van der Waals surface area contributed by atoms with Gasteiger partial charge in [0.2, 0.25) is 0 Å². The molecule has 0 saturated heterocycles. The number of aliphatic hydroxyl groups excluding tert-OH is 3. The van der Waals surface area contributed by atoms with Gasteiger partial charge in [-0.2, -0.15) is 0 Å². The molecule has 108 valence electrons. The van der Waals surface area contributed by atoms with Gasteiger partial charge in [-0.25, -0.2) is 0 Å². The highest BCUT2D eigenvalue weighted by atomic mass is 16.4. The van der Waals surface area contributed by atoms with Gasteiger partial charge in [0.25, 0.3) is 0 Å². The SMILES string of the molecule is O=C([O-])[C@@H](O)C(O)[C@@H](O)C(=O)[O-].[NH3+]CCCC[NH3+]. The Hall–Kier alpha value is -1.26. The highest BCUT2D eigenvalue weighted by molar-refractivity contribution is 5.75. The van der Waals surface area contributed by atoms with E-state index in [4.69, 9.17) is 15.3 Å². The summed E-state index contributed by atoms with van der Waals surface area (Å²) in [4.78, 5) is 19.6. The maximum atomic E-state index is 9.82. The second-order valence-electron chi connectivity index (χ2n) is 3.43. The molecule has 0 bridgehead atoms. The number of quaternary nitrogens is 2. The molecule has 9 N–H and O–H groups in total. The van der Waals surface area contributed by atoms with E-state index in [1.54, 1.807) is 0 Å². The molecule has 0 rings (SSSR count). The van der Waals surface area contributed by atoms with Crippen molar-refractivity contribution in [2.45, 2.75) is 31.2 Å². The van der Waals surface area contributed by atoms with Crippen LogP contribution in [0.1, 0.15) is 12.8 Å². The third-order valence-electron chi connectivity index (χ3n) is 1.88. The van der Waals surface area contributed by atoms with Gasteiger partial charge >= 0.3 is 0 Å². The number of unbranched alkanes of at least 4 members (excludes halogenated alkanes) is 1. The summed E-state index contributed by atoms with van der Waals surface area (Å²) < 4.78 is 0. The Kier molecular flexibility index (Phi) is 11.5. The maximum Gasteiger partial charge on any atom is 0.122 e. The topological polar surface area (TPSA) is 196 Å². The molecule has 9 heteroatoms. The predicted octanol–water partition coefficient (Wildman–Crippen LogP) is -7.18. The van der Waals surface area contributed by atoms with Crippen LogP contribution in [0.5, 0.6) is 0 Å². The van der Waals surface area contributed by atoms with Crippen LogP contribution < -0.4 is 21.7 Å². The lowest BCUT2D eigenvalue weighted by Gasteiger charge is -2.23. The maximum absolute atomic E-state index is 9.82. The minimum atomic E-state index is -2.46. The Morgan fingerprint density at radius 2 is 1.17 bits per heavy atom. The van der Waals surface area contributed by atoms with E-state index in [1.807, 2.05) is 0 Å². The van der Waals surface area contributed by atoms with Crippen LogP contribution in [0, 0.1) is 0 Å². The molecule has 1 unspecified atom stereocenters. The minimum Gasteiger partial charge on any atom is -0.547 e. The molecule has 9 nitrogen and oxygen atoms in total. The first-order chi connectivity index (χ1) is 8.29. The highest BCUT2D eigenvalue weighted by Gasteiger charge is 2.26. The number of aliphatic hydroxyl groups is 3. The lowest BCUT2D eigenvalue weighted by molar-refractivity contribution is -0.384. The first kappa shape index (κ1) is 19.1. The first-order valence-corrected chi connectivity index (χ1v) is 5.34. The number of hydrogen-bond acceptors (Lipinski definition) is 7. The smallest absolute Gasteiger partial charge is 0.122 e. The van der Waals surface area contributed by atoms with Gasteiger partial charge in [-0.1, -0.05) is 0 Å². The van der Waals surface area contributed by atoms with Crippen LogP contribution in [0.3, 0.4) is 0 Å². The third kappa shape index (κ3) is 8.84. The quantitative estimate of drug-likeness (QED) is 0.282. The number of aliphatic carboxylic acids is 2. The Labute approximate surface area is 104 Å². The second-order valence-corrected chi connectivity index (χ2v) is 3.43. The molecular weight excluding hydrogens is 248 g/mol. The summed E-state index contributed by atoms with van der Waals surface area (Å²) in [6.45, 7) is 2.13. The average Bonchev–Trinajstić information content (AvgIpc) is 2.33. The molecule has 0 fully saturated rings. The van der Waals surface area contributed by atoms with E-state index in [0.29, 0.717) is 0 Å². The summed E-state index contributed by atoms with van der Waals surface area (Å²) >= 11 is 0. The number of rotatable bonds is 7. The van der Waals surface area contributed by atoms with Crippen molar-refractivity contribution in [1.29, 1.82) is 0 Å². The Bertz CT molecular complexity index is 225. The molecule has 0 amide bonds. The van der Waals surface area contributed by atoms with E-state index >= 15 is 0 Å². The van der Waals surface area contributed by atoms with E-state index in [-0.39, 0.29) is 0 Å². The summed E-state index contributed by atoms with van der Waals surface area (Å²) in [6, 6.07) is 0.